The average molecular weight is 297 g/mol. The Hall–Kier alpha value is -0.540. The first-order valence-corrected chi connectivity index (χ1v) is 7.35. The molecule has 0 spiro atoms. The maximum absolute atomic E-state index is 5.78. The highest BCUT2D eigenvalue weighted by Gasteiger charge is 2.27. The minimum atomic E-state index is -0.0000849. The molecule has 0 aliphatic rings. The molecule has 1 nitrogen and oxygen atoms in total. The smallest absolute Gasteiger partial charge is 0.222 e. The largest absolute Gasteiger partial charge is 0.440 e. The van der Waals surface area contributed by atoms with Gasteiger partial charge >= 0.3 is 0 Å². The molecule has 0 amide bonds. The van der Waals surface area contributed by atoms with Crippen molar-refractivity contribution < 1.29 is 4.74 Å². The molecule has 0 aliphatic heterocycles. The lowest BCUT2D eigenvalue weighted by atomic mass is 9.78. The number of aryl methyl sites for hydroxylation is 1. The molecule has 0 atom stereocenters. The third kappa shape index (κ3) is 4.22. The minimum absolute atomic E-state index is 0.0000849. The summed E-state index contributed by atoms with van der Waals surface area (Å²) >= 11 is 9.15. The first-order chi connectivity index (χ1) is 8.43. The fourth-order valence-corrected chi connectivity index (χ4v) is 2.26. The summed E-state index contributed by atoms with van der Waals surface area (Å²) in [7, 11) is 0. The van der Waals surface area contributed by atoms with Gasteiger partial charge in [-0.05, 0) is 30.0 Å². The zero-order valence-electron chi connectivity index (χ0n) is 12.9. The Kier molecular flexibility index (Phi) is 4.74. The van der Waals surface area contributed by atoms with Crippen LogP contribution >= 0.6 is 24.8 Å². The second kappa shape index (κ2) is 5.45. The van der Waals surface area contributed by atoms with Gasteiger partial charge in [0.15, 0.2) is 0 Å². The zero-order valence-corrected chi connectivity index (χ0v) is 14.6. The molecular weight excluding hydrogens is 272 g/mol. The van der Waals surface area contributed by atoms with Crippen LogP contribution in [0.3, 0.4) is 0 Å². The number of thiol groups is 1. The van der Waals surface area contributed by atoms with Gasteiger partial charge in [-0.1, -0.05) is 71.9 Å². The third-order valence-corrected chi connectivity index (χ3v) is 3.21. The summed E-state index contributed by atoms with van der Waals surface area (Å²) in [6.45, 7) is 15.2. The third-order valence-electron chi connectivity index (χ3n) is 3.04. The van der Waals surface area contributed by atoms with Crippen LogP contribution in [-0.4, -0.2) is 4.38 Å². The maximum atomic E-state index is 5.78. The van der Waals surface area contributed by atoms with Crippen molar-refractivity contribution in [1.29, 1.82) is 0 Å². The summed E-state index contributed by atoms with van der Waals surface area (Å²) in [6.07, 6.45) is 0. The van der Waals surface area contributed by atoms with E-state index in [2.05, 4.69) is 73.2 Å². The molecule has 0 aliphatic carbocycles. The minimum Gasteiger partial charge on any atom is -0.440 e. The van der Waals surface area contributed by atoms with Crippen molar-refractivity contribution >= 4 is 29.2 Å². The van der Waals surface area contributed by atoms with Crippen LogP contribution in [-0.2, 0) is 10.8 Å². The van der Waals surface area contributed by atoms with E-state index in [1.807, 2.05) is 0 Å². The predicted octanol–water partition coefficient (Wildman–Crippen LogP) is 5.18. The first kappa shape index (κ1) is 16.5. The number of hydrogen-bond donors (Lipinski definition) is 1. The van der Waals surface area contributed by atoms with Crippen LogP contribution in [0.2, 0.25) is 0 Å². The summed E-state index contributed by atoms with van der Waals surface area (Å²) in [4.78, 5) is 0. The van der Waals surface area contributed by atoms with Gasteiger partial charge < -0.3 is 4.74 Å². The molecule has 0 N–H and O–H groups in total. The SMILES string of the molecule is Cc1cc(C(C)(C)C)c(OC(=S)S)c(C(C)(C)C)c1. The van der Waals surface area contributed by atoms with Crippen LogP contribution in [0.4, 0.5) is 0 Å². The van der Waals surface area contributed by atoms with Crippen molar-refractivity contribution in [1.82, 2.24) is 0 Å². The van der Waals surface area contributed by atoms with Crippen LogP contribution in [0.1, 0.15) is 58.2 Å². The summed E-state index contributed by atoms with van der Waals surface area (Å²) in [5.41, 5.74) is 3.59. The molecule has 0 heterocycles. The highest BCUT2D eigenvalue weighted by atomic mass is 32.1. The standard InChI is InChI=1S/C16H24OS2/c1-10-8-11(15(2,3)4)13(17-14(18)19)12(9-10)16(5,6)7/h8-9H,1-7H3,(H,18,19). The lowest BCUT2D eigenvalue weighted by Crippen LogP contribution is -2.20. The first-order valence-electron chi connectivity index (χ1n) is 6.49. The van der Waals surface area contributed by atoms with Gasteiger partial charge in [0.05, 0.1) is 0 Å². The molecule has 1 rings (SSSR count). The normalized spacial score (nSPS) is 12.4. The van der Waals surface area contributed by atoms with E-state index in [0.29, 0.717) is 0 Å². The van der Waals surface area contributed by atoms with Crippen LogP contribution < -0.4 is 4.74 Å². The lowest BCUT2D eigenvalue weighted by Gasteiger charge is -2.29. The summed E-state index contributed by atoms with van der Waals surface area (Å²) in [5.74, 6) is 0.866. The van der Waals surface area contributed by atoms with Gasteiger partial charge in [-0.15, -0.1) is 0 Å². The van der Waals surface area contributed by atoms with E-state index in [9.17, 15) is 0 Å². The molecule has 19 heavy (non-hydrogen) atoms. The molecule has 0 aromatic heterocycles. The number of benzene rings is 1. The number of ether oxygens (including phenoxy) is 1. The van der Waals surface area contributed by atoms with Crippen LogP contribution in [0.15, 0.2) is 12.1 Å². The molecule has 3 heteroatoms. The van der Waals surface area contributed by atoms with Gasteiger partial charge in [-0.2, -0.15) is 0 Å². The van der Waals surface area contributed by atoms with E-state index in [1.165, 1.54) is 16.7 Å². The van der Waals surface area contributed by atoms with E-state index >= 15 is 0 Å². The summed E-state index contributed by atoms with van der Waals surface area (Å²) in [5, 5.41) is 0. The Morgan fingerprint density at radius 2 is 1.37 bits per heavy atom. The molecule has 0 saturated heterocycles. The van der Waals surface area contributed by atoms with Gasteiger partial charge in [0.2, 0.25) is 4.38 Å². The molecule has 1 aromatic rings. The molecular formula is C16H24OS2. The quantitative estimate of drug-likeness (QED) is 0.564. The van der Waals surface area contributed by atoms with Crippen molar-refractivity contribution in [3.63, 3.8) is 0 Å². The highest BCUT2D eigenvalue weighted by molar-refractivity contribution is 8.10. The number of thiocarbonyl (C=S) groups is 1. The number of rotatable bonds is 1. The maximum Gasteiger partial charge on any atom is 0.222 e. The van der Waals surface area contributed by atoms with Crippen molar-refractivity contribution in [2.45, 2.75) is 59.3 Å². The Morgan fingerprint density at radius 1 is 1.00 bits per heavy atom. The van der Waals surface area contributed by atoms with E-state index in [0.717, 1.165) is 5.75 Å². The molecule has 0 saturated carbocycles. The van der Waals surface area contributed by atoms with Crippen LogP contribution in [0, 0.1) is 6.92 Å². The summed E-state index contributed by atoms with van der Waals surface area (Å²) < 4.78 is 6.04. The van der Waals surface area contributed by atoms with Gasteiger partial charge in [-0.25, -0.2) is 0 Å². The van der Waals surface area contributed by atoms with Crippen molar-refractivity contribution in [3.05, 3.63) is 28.8 Å². The lowest BCUT2D eigenvalue weighted by molar-refractivity contribution is 0.486. The monoisotopic (exact) mass is 296 g/mol. The molecule has 1 aromatic carbocycles. The highest BCUT2D eigenvalue weighted by Crippen LogP contribution is 2.40. The van der Waals surface area contributed by atoms with E-state index in [1.54, 1.807) is 0 Å². The summed E-state index contributed by atoms with van der Waals surface area (Å²) in [6, 6.07) is 4.35. The Morgan fingerprint density at radius 3 is 1.63 bits per heavy atom. The fraction of sp³-hybridized carbons (Fsp3) is 0.562. The second-order valence-electron chi connectivity index (χ2n) is 7.06. The van der Waals surface area contributed by atoms with E-state index < -0.39 is 0 Å². The Balaban J connectivity index is 3.63. The Bertz CT molecular complexity index is 455. The van der Waals surface area contributed by atoms with Gasteiger partial charge in [0.1, 0.15) is 5.75 Å². The number of hydrogen-bond acceptors (Lipinski definition) is 2. The topological polar surface area (TPSA) is 9.23 Å². The predicted molar refractivity (Wildman–Crippen MR) is 90.8 cm³/mol. The van der Waals surface area contributed by atoms with Gasteiger partial charge in [-0.3, -0.25) is 0 Å². The molecule has 0 fully saturated rings. The molecule has 0 unspecified atom stereocenters. The van der Waals surface area contributed by atoms with Gasteiger partial charge in [0.25, 0.3) is 0 Å². The van der Waals surface area contributed by atoms with Crippen molar-refractivity contribution in [2.24, 2.45) is 0 Å². The fourth-order valence-electron chi connectivity index (χ4n) is 2.08. The molecule has 0 bridgehead atoms. The van der Waals surface area contributed by atoms with Gasteiger partial charge in [0, 0.05) is 11.1 Å². The van der Waals surface area contributed by atoms with Crippen LogP contribution in [0.5, 0.6) is 5.75 Å². The van der Waals surface area contributed by atoms with Crippen molar-refractivity contribution in [3.8, 4) is 5.75 Å². The average Bonchev–Trinajstić information content (AvgIpc) is 2.16. The van der Waals surface area contributed by atoms with Crippen LogP contribution in [0.25, 0.3) is 0 Å². The van der Waals surface area contributed by atoms with E-state index in [-0.39, 0.29) is 15.2 Å². The molecule has 106 valence electrons. The van der Waals surface area contributed by atoms with Crippen molar-refractivity contribution in [2.75, 3.05) is 0 Å². The molecule has 0 radical (unpaired) electrons. The Labute approximate surface area is 128 Å². The van der Waals surface area contributed by atoms with E-state index in [4.69, 9.17) is 17.0 Å². The zero-order chi connectivity index (χ0) is 15.0. The second-order valence-corrected chi connectivity index (χ2v) is 8.14.